The molecule has 0 saturated heterocycles. The highest BCUT2D eigenvalue weighted by molar-refractivity contribution is 9.10. The summed E-state index contributed by atoms with van der Waals surface area (Å²) < 4.78 is 6.47. The molecule has 0 saturated carbocycles. The maximum atomic E-state index is 12.3. The smallest absolute Gasteiger partial charge is 0.205 e. The Kier molecular flexibility index (Phi) is 3.56. The van der Waals surface area contributed by atoms with Gasteiger partial charge in [-0.1, -0.05) is 28.1 Å². The first-order chi connectivity index (χ1) is 10.1. The molecule has 0 amide bonds. The molecule has 4 nitrogen and oxygen atoms in total. The number of carbonyl (C=O) groups is 1. The molecule has 2 aliphatic rings. The number of allylic oxidation sites excluding steroid dienone is 3. The van der Waals surface area contributed by atoms with Gasteiger partial charge in [-0.05, 0) is 24.1 Å². The number of ether oxygens (including phenoxy) is 1. The fourth-order valence-electron chi connectivity index (χ4n) is 2.84. The zero-order valence-electron chi connectivity index (χ0n) is 11.2. The van der Waals surface area contributed by atoms with Crippen LogP contribution in [-0.2, 0) is 9.53 Å². The molecule has 1 aliphatic heterocycles. The van der Waals surface area contributed by atoms with Crippen LogP contribution in [0.4, 0.5) is 0 Å². The Morgan fingerprint density at radius 1 is 1.29 bits per heavy atom. The molecule has 0 fully saturated rings. The van der Waals surface area contributed by atoms with Crippen LogP contribution in [0.5, 0.6) is 0 Å². The largest absolute Gasteiger partial charge is 0.444 e. The fraction of sp³-hybridized carbons (Fsp3) is 0.250. The molecule has 0 aromatic heterocycles. The first-order valence-corrected chi connectivity index (χ1v) is 7.50. The predicted molar refractivity (Wildman–Crippen MR) is 80.7 cm³/mol. The lowest BCUT2D eigenvalue weighted by Gasteiger charge is -2.30. The summed E-state index contributed by atoms with van der Waals surface area (Å²) in [4.78, 5) is 12.3. The van der Waals surface area contributed by atoms with Gasteiger partial charge in [0.25, 0.3) is 0 Å². The van der Waals surface area contributed by atoms with E-state index >= 15 is 0 Å². The predicted octanol–water partition coefficient (Wildman–Crippen LogP) is 3.26. The van der Waals surface area contributed by atoms with Crippen molar-refractivity contribution in [2.45, 2.75) is 25.2 Å². The molecule has 1 aromatic rings. The maximum absolute atomic E-state index is 12.3. The molecule has 5 heteroatoms. The van der Waals surface area contributed by atoms with Crippen LogP contribution < -0.4 is 5.73 Å². The molecule has 0 bridgehead atoms. The number of nitriles is 1. The first-order valence-electron chi connectivity index (χ1n) is 6.71. The van der Waals surface area contributed by atoms with Crippen LogP contribution in [0.1, 0.15) is 30.7 Å². The van der Waals surface area contributed by atoms with Gasteiger partial charge in [-0.2, -0.15) is 5.26 Å². The van der Waals surface area contributed by atoms with Crippen molar-refractivity contribution in [2.24, 2.45) is 5.73 Å². The molecule has 0 spiro atoms. The third-order valence-corrected chi connectivity index (χ3v) is 4.34. The topological polar surface area (TPSA) is 76.1 Å². The Bertz CT molecular complexity index is 711. The number of nitrogens with two attached hydrogens (primary N) is 1. The lowest BCUT2D eigenvalue weighted by Crippen LogP contribution is -2.27. The van der Waals surface area contributed by atoms with Gasteiger partial charge in [-0.25, -0.2) is 0 Å². The van der Waals surface area contributed by atoms with E-state index in [2.05, 4.69) is 22.0 Å². The minimum Gasteiger partial charge on any atom is -0.444 e. The summed E-state index contributed by atoms with van der Waals surface area (Å²) in [5, 5.41) is 9.41. The van der Waals surface area contributed by atoms with Gasteiger partial charge in [0.05, 0.1) is 5.92 Å². The van der Waals surface area contributed by atoms with Crippen LogP contribution in [0.25, 0.3) is 0 Å². The average molecular weight is 345 g/mol. The van der Waals surface area contributed by atoms with Crippen LogP contribution in [0.3, 0.4) is 0 Å². The van der Waals surface area contributed by atoms with Gasteiger partial charge in [-0.3, -0.25) is 4.79 Å². The average Bonchev–Trinajstić information content (AvgIpc) is 2.47. The van der Waals surface area contributed by atoms with Crippen LogP contribution in [0, 0.1) is 11.3 Å². The molecule has 2 N–H and O–H groups in total. The molecular formula is C16H13BrN2O2. The summed E-state index contributed by atoms with van der Waals surface area (Å²) in [5.41, 5.74) is 7.66. The normalized spacial score (nSPS) is 21.7. The summed E-state index contributed by atoms with van der Waals surface area (Å²) in [7, 11) is 0. The fourth-order valence-corrected chi connectivity index (χ4v) is 3.11. The van der Waals surface area contributed by atoms with Gasteiger partial charge in [0.1, 0.15) is 17.4 Å². The lowest BCUT2D eigenvalue weighted by atomic mass is 9.78. The van der Waals surface area contributed by atoms with E-state index in [9.17, 15) is 10.1 Å². The van der Waals surface area contributed by atoms with Crippen LogP contribution in [0.15, 0.2) is 51.5 Å². The second-order valence-electron chi connectivity index (χ2n) is 5.09. The van der Waals surface area contributed by atoms with Crippen molar-refractivity contribution in [1.82, 2.24) is 0 Å². The Balaban J connectivity index is 2.17. The van der Waals surface area contributed by atoms with Crippen LogP contribution in [-0.4, -0.2) is 5.78 Å². The maximum Gasteiger partial charge on any atom is 0.205 e. The van der Waals surface area contributed by atoms with E-state index in [1.165, 1.54) is 0 Å². The Morgan fingerprint density at radius 2 is 2.00 bits per heavy atom. The minimum atomic E-state index is -0.417. The van der Waals surface area contributed by atoms with E-state index in [4.69, 9.17) is 10.5 Å². The van der Waals surface area contributed by atoms with Crippen molar-refractivity contribution >= 4 is 21.7 Å². The first kappa shape index (κ1) is 13.9. The Morgan fingerprint density at radius 3 is 2.67 bits per heavy atom. The number of Topliss-reactive ketones (excluding diaryl/α,β-unsaturated/α-hetero) is 1. The highest BCUT2D eigenvalue weighted by atomic mass is 79.9. The Hall–Kier alpha value is -2.06. The number of ketones is 1. The number of carbonyl (C=O) groups excluding carboxylic acids is 1. The minimum absolute atomic E-state index is 0.0458. The summed E-state index contributed by atoms with van der Waals surface area (Å²) in [6.45, 7) is 0. The van der Waals surface area contributed by atoms with Gasteiger partial charge in [0, 0.05) is 22.9 Å². The third-order valence-electron chi connectivity index (χ3n) is 3.81. The summed E-state index contributed by atoms with van der Waals surface area (Å²) in [5.74, 6) is 0.360. The van der Waals surface area contributed by atoms with Crippen molar-refractivity contribution in [2.75, 3.05) is 0 Å². The standard InChI is InChI=1S/C16H13BrN2O2/c17-10-6-4-9(5-7-10)14-11(8-18)16(19)21-13-3-1-2-12(20)15(13)14/h4-7,14H,1-3,19H2. The quantitative estimate of drug-likeness (QED) is 0.848. The summed E-state index contributed by atoms with van der Waals surface area (Å²) >= 11 is 3.39. The molecule has 1 aliphatic carbocycles. The SMILES string of the molecule is N#CC1=C(N)OC2=C(C(=O)CCC2)C1c1ccc(Br)cc1. The Labute approximate surface area is 131 Å². The van der Waals surface area contributed by atoms with Crippen molar-refractivity contribution in [3.8, 4) is 6.07 Å². The number of benzene rings is 1. The van der Waals surface area contributed by atoms with Crippen molar-refractivity contribution in [3.63, 3.8) is 0 Å². The molecule has 1 unspecified atom stereocenters. The third kappa shape index (κ3) is 2.36. The second kappa shape index (κ2) is 5.38. The van der Waals surface area contributed by atoms with E-state index in [1.54, 1.807) is 0 Å². The lowest BCUT2D eigenvalue weighted by molar-refractivity contribution is -0.116. The molecule has 1 heterocycles. The highest BCUT2D eigenvalue weighted by Crippen LogP contribution is 2.43. The molecule has 1 aromatic carbocycles. The van der Waals surface area contributed by atoms with E-state index in [0.717, 1.165) is 16.5 Å². The number of hydrogen-bond donors (Lipinski definition) is 1. The van der Waals surface area contributed by atoms with E-state index in [1.807, 2.05) is 24.3 Å². The van der Waals surface area contributed by atoms with Crippen LogP contribution in [0.2, 0.25) is 0 Å². The van der Waals surface area contributed by atoms with Gasteiger partial charge < -0.3 is 10.5 Å². The van der Waals surface area contributed by atoms with Gasteiger partial charge in [0.2, 0.25) is 5.88 Å². The molecule has 106 valence electrons. The van der Waals surface area contributed by atoms with Gasteiger partial charge >= 0.3 is 0 Å². The van der Waals surface area contributed by atoms with Gasteiger partial charge in [0.15, 0.2) is 5.78 Å². The monoisotopic (exact) mass is 344 g/mol. The summed E-state index contributed by atoms with van der Waals surface area (Å²) in [6, 6.07) is 9.69. The molecule has 1 atom stereocenters. The van der Waals surface area contributed by atoms with E-state index in [-0.39, 0.29) is 11.7 Å². The molecule has 3 rings (SSSR count). The highest BCUT2D eigenvalue weighted by Gasteiger charge is 2.37. The van der Waals surface area contributed by atoms with Crippen molar-refractivity contribution in [3.05, 3.63) is 57.1 Å². The second-order valence-corrected chi connectivity index (χ2v) is 6.01. The molecular weight excluding hydrogens is 332 g/mol. The zero-order chi connectivity index (χ0) is 15.0. The number of rotatable bonds is 1. The van der Waals surface area contributed by atoms with Crippen LogP contribution >= 0.6 is 15.9 Å². The number of nitrogens with zero attached hydrogens (tertiary/aromatic N) is 1. The molecule has 21 heavy (non-hydrogen) atoms. The van der Waals surface area contributed by atoms with Crippen molar-refractivity contribution < 1.29 is 9.53 Å². The number of hydrogen-bond acceptors (Lipinski definition) is 4. The van der Waals surface area contributed by atoms with Gasteiger partial charge in [-0.15, -0.1) is 0 Å². The zero-order valence-corrected chi connectivity index (χ0v) is 12.8. The molecule has 0 radical (unpaired) electrons. The van der Waals surface area contributed by atoms with E-state index in [0.29, 0.717) is 29.7 Å². The summed E-state index contributed by atoms with van der Waals surface area (Å²) in [6.07, 6.45) is 1.95. The van der Waals surface area contributed by atoms with Crippen molar-refractivity contribution in [1.29, 1.82) is 5.26 Å². The number of halogens is 1. The van der Waals surface area contributed by atoms with E-state index < -0.39 is 5.92 Å².